The number of hydrogen-bond donors (Lipinski definition) is 0. The zero-order chi connectivity index (χ0) is 8.97. The highest BCUT2D eigenvalue weighted by Gasteiger charge is 1.95. The monoisotopic (exact) mass is 161 g/mol. The summed E-state index contributed by atoms with van der Waals surface area (Å²) in [5.74, 6) is 0. The molecule has 1 aromatic carbocycles. The predicted octanol–water partition coefficient (Wildman–Crippen LogP) is 2.75. The Kier molecular flexibility index (Phi) is 3.06. The SMILES string of the molecule is Cc1cccc(C)c1/C=C/C[O]. The smallest absolute Gasteiger partial charge is 0.101 e. The van der Waals surface area contributed by atoms with Crippen LogP contribution in [0.25, 0.3) is 6.08 Å². The maximum atomic E-state index is 10.2. The van der Waals surface area contributed by atoms with Crippen LogP contribution in [0.3, 0.4) is 0 Å². The summed E-state index contributed by atoms with van der Waals surface area (Å²) in [6.45, 7) is 3.96. The topological polar surface area (TPSA) is 19.9 Å². The first-order valence-electron chi connectivity index (χ1n) is 4.06. The molecule has 0 amide bonds. The van der Waals surface area contributed by atoms with Crippen molar-refractivity contribution in [3.05, 3.63) is 41.0 Å². The van der Waals surface area contributed by atoms with Crippen molar-refractivity contribution in [2.75, 3.05) is 6.61 Å². The molecule has 0 bridgehead atoms. The van der Waals surface area contributed by atoms with Gasteiger partial charge in [0.25, 0.3) is 0 Å². The normalized spacial score (nSPS) is 10.9. The van der Waals surface area contributed by atoms with Crippen molar-refractivity contribution in [2.45, 2.75) is 13.8 Å². The van der Waals surface area contributed by atoms with E-state index in [0.717, 1.165) is 0 Å². The molecule has 0 aliphatic carbocycles. The van der Waals surface area contributed by atoms with Gasteiger partial charge in [-0.15, -0.1) is 0 Å². The largest absolute Gasteiger partial charge is 0.232 e. The molecular weight excluding hydrogens is 148 g/mol. The van der Waals surface area contributed by atoms with Gasteiger partial charge < -0.3 is 0 Å². The van der Waals surface area contributed by atoms with E-state index in [1.807, 2.05) is 12.1 Å². The summed E-state index contributed by atoms with van der Waals surface area (Å²) in [5.41, 5.74) is 3.62. The molecule has 0 saturated carbocycles. The van der Waals surface area contributed by atoms with Gasteiger partial charge in [-0.25, -0.2) is 5.11 Å². The zero-order valence-corrected chi connectivity index (χ0v) is 7.50. The predicted molar refractivity (Wildman–Crippen MR) is 50.5 cm³/mol. The lowest BCUT2D eigenvalue weighted by atomic mass is 10.0. The van der Waals surface area contributed by atoms with Crippen LogP contribution < -0.4 is 0 Å². The summed E-state index contributed by atoms with van der Waals surface area (Å²) in [6, 6.07) is 6.13. The minimum atomic E-state index is -0.145. The first kappa shape index (κ1) is 9.01. The van der Waals surface area contributed by atoms with Crippen LogP contribution >= 0.6 is 0 Å². The standard InChI is InChI=1S/C11H13O/c1-9-5-3-6-10(2)11(9)7-4-8-12/h3-7H,8H2,1-2H3/b7-4+. The molecule has 0 atom stereocenters. The van der Waals surface area contributed by atoms with Gasteiger partial charge in [0.2, 0.25) is 0 Å². The van der Waals surface area contributed by atoms with Crippen molar-refractivity contribution in [3.63, 3.8) is 0 Å². The molecule has 0 fully saturated rings. The highest BCUT2D eigenvalue weighted by molar-refractivity contribution is 5.57. The summed E-state index contributed by atoms with van der Waals surface area (Å²) >= 11 is 0. The van der Waals surface area contributed by atoms with E-state index in [1.54, 1.807) is 6.08 Å². The third kappa shape index (κ3) is 1.95. The van der Waals surface area contributed by atoms with Crippen molar-refractivity contribution in [1.29, 1.82) is 0 Å². The third-order valence-corrected chi connectivity index (χ3v) is 1.92. The Labute approximate surface area is 73.4 Å². The minimum absolute atomic E-state index is 0.145. The lowest BCUT2D eigenvalue weighted by molar-refractivity contribution is 0.233. The van der Waals surface area contributed by atoms with E-state index in [9.17, 15) is 5.11 Å². The van der Waals surface area contributed by atoms with Gasteiger partial charge in [0.15, 0.2) is 0 Å². The molecule has 0 aromatic heterocycles. The second-order valence-electron chi connectivity index (χ2n) is 2.87. The molecule has 1 rings (SSSR count). The van der Waals surface area contributed by atoms with Gasteiger partial charge in [-0.2, -0.15) is 0 Å². The highest BCUT2D eigenvalue weighted by atomic mass is 16.2. The maximum Gasteiger partial charge on any atom is 0.101 e. The Morgan fingerprint density at radius 2 is 1.83 bits per heavy atom. The lowest BCUT2D eigenvalue weighted by Gasteiger charge is -2.03. The average Bonchev–Trinajstić information content (AvgIpc) is 2.04. The molecule has 0 heterocycles. The van der Waals surface area contributed by atoms with Gasteiger partial charge in [0.05, 0.1) is 0 Å². The van der Waals surface area contributed by atoms with E-state index in [4.69, 9.17) is 0 Å². The van der Waals surface area contributed by atoms with Gasteiger partial charge in [-0.1, -0.05) is 30.4 Å². The Balaban J connectivity index is 3.04. The lowest BCUT2D eigenvalue weighted by Crippen LogP contribution is -1.85. The number of aryl methyl sites for hydroxylation is 2. The zero-order valence-electron chi connectivity index (χ0n) is 7.50. The van der Waals surface area contributed by atoms with Crippen molar-refractivity contribution >= 4 is 6.08 Å². The van der Waals surface area contributed by atoms with E-state index in [1.165, 1.54) is 16.7 Å². The Morgan fingerprint density at radius 3 is 2.33 bits per heavy atom. The summed E-state index contributed by atoms with van der Waals surface area (Å²) < 4.78 is 0. The van der Waals surface area contributed by atoms with Crippen LogP contribution in [-0.4, -0.2) is 6.61 Å². The number of hydrogen-bond acceptors (Lipinski definition) is 0. The van der Waals surface area contributed by atoms with E-state index in [0.29, 0.717) is 0 Å². The molecule has 0 aliphatic rings. The first-order valence-corrected chi connectivity index (χ1v) is 4.06. The molecule has 1 heteroatoms. The van der Waals surface area contributed by atoms with Crippen LogP contribution in [0.5, 0.6) is 0 Å². The molecular formula is C11H13O. The van der Waals surface area contributed by atoms with Gasteiger partial charge in [-0.3, -0.25) is 0 Å². The molecule has 0 N–H and O–H groups in total. The minimum Gasteiger partial charge on any atom is -0.232 e. The van der Waals surface area contributed by atoms with Crippen LogP contribution in [0.1, 0.15) is 16.7 Å². The van der Waals surface area contributed by atoms with E-state index < -0.39 is 0 Å². The Hall–Kier alpha value is -1.08. The molecule has 12 heavy (non-hydrogen) atoms. The van der Waals surface area contributed by atoms with Crippen LogP contribution in [0.2, 0.25) is 0 Å². The summed E-state index contributed by atoms with van der Waals surface area (Å²) in [6.07, 6.45) is 3.55. The summed E-state index contributed by atoms with van der Waals surface area (Å²) in [5, 5.41) is 10.2. The molecule has 0 aliphatic heterocycles. The van der Waals surface area contributed by atoms with Crippen molar-refractivity contribution < 1.29 is 5.11 Å². The summed E-state index contributed by atoms with van der Waals surface area (Å²) in [4.78, 5) is 0. The van der Waals surface area contributed by atoms with Gasteiger partial charge in [-0.05, 0) is 30.5 Å². The molecule has 1 nitrogen and oxygen atoms in total. The second kappa shape index (κ2) is 4.07. The highest BCUT2D eigenvalue weighted by Crippen LogP contribution is 2.14. The fourth-order valence-electron chi connectivity index (χ4n) is 1.26. The van der Waals surface area contributed by atoms with E-state index in [-0.39, 0.29) is 6.61 Å². The summed E-state index contributed by atoms with van der Waals surface area (Å²) in [7, 11) is 0. The fraction of sp³-hybridized carbons (Fsp3) is 0.273. The number of rotatable bonds is 2. The third-order valence-electron chi connectivity index (χ3n) is 1.92. The van der Waals surface area contributed by atoms with Gasteiger partial charge in [0.1, 0.15) is 6.61 Å². The molecule has 0 spiro atoms. The first-order chi connectivity index (χ1) is 5.75. The quantitative estimate of drug-likeness (QED) is 0.635. The Morgan fingerprint density at radius 1 is 1.25 bits per heavy atom. The molecule has 1 radical (unpaired) electrons. The molecule has 1 aromatic rings. The van der Waals surface area contributed by atoms with Crippen molar-refractivity contribution in [1.82, 2.24) is 0 Å². The van der Waals surface area contributed by atoms with Crippen LogP contribution in [0.15, 0.2) is 24.3 Å². The second-order valence-corrected chi connectivity index (χ2v) is 2.87. The van der Waals surface area contributed by atoms with Crippen LogP contribution in [0, 0.1) is 13.8 Å². The fourth-order valence-corrected chi connectivity index (χ4v) is 1.26. The average molecular weight is 161 g/mol. The van der Waals surface area contributed by atoms with Crippen LogP contribution in [-0.2, 0) is 5.11 Å². The van der Waals surface area contributed by atoms with Gasteiger partial charge >= 0.3 is 0 Å². The Bertz CT molecular complexity index is 267. The van der Waals surface area contributed by atoms with Crippen molar-refractivity contribution in [2.24, 2.45) is 0 Å². The molecule has 63 valence electrons. The maximum absolute atomic E-state index is 10.2. The molecule has 0 saturated heterocycles. The van der Waals surface area contributed by atoms with E-state index in [2.05, 4.69) is 26.0 Å². The van der Waals surface area contributed by atoms with Gasteiger partial charge in [0, 0.05) is 0 Å². The van der Waals surface area contributed by atoms with Crippen LogP contribution in [0.4, 0.5) is 0 Å². The number of benzene rings is 1. The molecule has 0 unspecified atom stereocenters. The van der Waals surface area contributed by atoms with Crippen molar-refractivity contribution in [3.8, 4) is 0 Å². The van der Waals surface area contributed by atoms with E-state index >= 15 is 0 Å².